The Bertz CT molecular complexity index is 912. The van der Waals surface area contributed by atoms with Crippen LogP contribution in [0.1, 0.15) is 18.5 Å². The molecular weight excluding hydrogens is 352 g/mol. The van der Waals surface area contributed by atoms with Gasteiger partial charge < -0.3 is 5.32 Å². The first-order valence-corrected chi connectivity index (χ1v) is 8.34. The van der Waals surface area contributed by atoms with Crippen LogP contribution in [0.2, 0.25) is 0 Å². The summed E-state index contributed by atoms with van der Waals surface area (Å²) in [7, 11) is 1.80. The Hall–Kier alpha value is -3.13. The van der Waals surface area contributed by atoms with Gasteiger partial charge in [0.25, 0.3) is 0 Å². The first kappa shape index (κ1) is 18.7. The van der Waals surface area contributed by atoms with Gasteiger partial charge in [0.15, 0.2) is 0 Å². The van der Waals surface area contributed by atoms with Crippen LogP contribution in [0.4, 0.5) is 14.5 Å². The smallest absolute Gasteiger partial charge is 0.238 e. The molecule has 3 aromatic rings. The topological polar surface area (TPSA) is 63.1 Å². The Kier molecular flexibility index (Phi) is 5.56. The Balaban J connectivity index is 1.61. The first-order valence-electron chi connectivity index (χ1n) is 8.34. The highest BCUT2D eigenvalue weighted by atomic mass is 19.1. The van der Waals surface area contributed by atoms with E-state index in [0.717, 1.165) is 23.4 Å². The lowest BCUT2D eigenvalue weighted by Gasteiger charge is -2.24. The van der Waals surface area contributed by atoms with Gasteiger partial charge in [-0.1, -0.05) is 12.1 Å². The summed E-state index contributed by atoms with van der Waals surface area (Å²) in [5.41, 5.74) is 1.86. The van der Waals surface area contributed by atoms with Crippen LogP contribution in [-0.2, 0) is 4.79 Å². The van der Waals surface area contributed by atoms with Crippen LogP contribution in [0.3, 0.4) is 0 Å². The molecule has 1 unspecified atom stereocenters. The summed E-state index contributed by atoms with van der Waals surface area (Å²) in [4.78, 5) is 17.9. The van der Waals surface area contributed by atoms with Gasteiger partial charge in [-0.15, -0.1) is 0 Å². The van der Waals surface area contributed by atoms with E-state index in [0.29, 0.717) is 0 Å². The number of likely N-dealkylation sites (N-methyl/N-ethyl adjacent to an activating group) is 1. The molecule has 3 rings (SSSR count). The van der Waals surface area contributed by atoms with Crippen LogP contribution < -0.4 is 5.32 Å². The van der Waals surface area contributed by atoms with Gasteiger partial charge in [0.2, 0.25) is 5.91 Å². The molecule has 0 saturated carbocycles. The normalized spacial score (nSPS) is 12.2. The molecule has 1 aromatic heterocycles. The van der Waals surface area contributed by atoms with Gasteiger partial charge in [0.1, 0.15) is 24.3 Å². The van der Waals surface area contributed by atoms with Gasteiger partial charge in [-0.25, -0.2) is 18.4 Å². The largest absolute Gasteiger partial charge is 0.322 e. The molecule has 0 aliphatic rings. The number of anilines is 1. The summed E-state index contributed by atoms with van der Waals surface area (Å²) in [6.07, 6.45) is 3.08. The number of benzene rings is 2. The van der Waals surface area contributed by atoms with Crippen LogP contribution in [-0.4, -0.2) is 39.2 Å². The van der Waals surface area contributed by atoms with Crippen LogP contribution in [0.15, 0.2) is 55.1 Å². The Morgan fingerprint density at radius 3 is 2.59 bits per heavy atom. The van der Waals surface area contributed by atoms with Crippen LogP contribution >= 0.6 is 0 Å². The Morgan fingerprint density at radius 1 is 1.22 bits per heavy atom. The van der Waals surface area contributed by atoms with E-state index in [2.05, 4.69) is 15.4 Å². The SMILES string of the molecule is CC(c1ccc(-n2cncn2)cc1)N(C)CC(=O)Nc1ccc(F)cc1F. The fourth-order valence-electron chi connectivity index (χ4n) is 2.65. The van der Waals surface area contributed by atoms with E-state index >= 15 is 0 Å². The number of hydrogen-bond donors (Lipinski definition) is 1. The molecule has 1 heterocycles. The number of carbonyl (C=O) groups excluding carboxylic acids is 1. The van der Waals surface area contributed by atoms with Gasteiger partial charge in [0.05, 0.1) is 17.9 Å². The monoisotopic (exact) mass is 371 g/mol. The number of carbonyl (C=O) groups is 1. The van der Waals surface area contributed by atoms with E-state index in [1.165, 1.54) is 12.4 Å². The van der Waals surface area contributed by atoms with E-state index in [4.69, 9.17) is 0 Å². The number of rotatable bonds is 6. The number of aromatic nitrogens is 3. The molecule has 0 radical (unpaired) electrons. The third kappa shape index (κ3) is 4.53. The van der Waals surface area contributed by atoms with Crippen molar-refractivity contribution in [3.63, 3.8) is 0 Å². The van der Waals surface area contributed by atoms with Crippen molar-refractivity contribution >= 4 is 11.6 Å². The minimum absolute atomic E-state index is 0.0420. The van der Waals surface area contributed by atoms with Crippen LogP contribution in [0.25, 0.3) is 5.69 Å². The highest BCUT2D eigenvalue weighted by Gasteiger charge is 2.16. The summed E-state index contributed by atoms with van der Waals surface area (Å²) in [5.74, 6) is -1.87. The zero-order valence-electron chi connectivity index (χ0n) is 14.9. The fourth-order valence-corrected chi connectivity index (χ4v) is 2.65. The first-order chi connectivity index (χ1) is 12.9. The molecule has 6 nitrogen and oxygen atoms in total. The van der Waals surface area contributed by atoms with E-state index in [9.17, 15) is 13.6 Å². The van der Waals surface area contributed by atoms with Gasteiger partial charge in [-0.05, 0) is 43.8 Å². The van der Waals surface area contributed by atoms with Gasteiger partial charge in [0, 0.05) is 12.1 Å². The number of halogens is 2. The maximum Gasteiger partial charge on any atom is 0.238 e. The minimum Gasteiger partial charge on any atom is -0.322 e. The molecule has 2 aromatic carbocycles. The van der Waals surface area contributed by atoms with Crippen LogP contribution in [0, 0.1) is 11.6 Å². The molecule has 1 atom stereocenters. The molecule has 0 saturated heterocycles. The maximum atomic E-state index is 13.6. The number of nitrogens with zero attached hydrogens (tertiary/aromatic N) is 4. The van der Waals surface area contributed by atoms with Crippen molar-refractivity contribution in [2.45, 2.75) is 13.0 Å². The molecule has 27 heavy (non-hydrogen) atoms. The highest BCUT2D eigenvalue weighted by molar-refractivity contribution is 5.92. The number of nitrogens with one attached hydrogen (secondary N) is 1. The van der Waals surface area contributed by atoms with Crippen molar-refractivity contribution in [1.82, 2.24) is 19.7 Å². The molecule has 140 valence electrons. The lowest BCUT2D eigenvalue weighted by atomic mass is 10.1. The van der Waals surface area contributed by atoms with Crippen LogP contribution in [0.5, 0.6) is 0 Å². The molecule has 8 heteroatoms. The molecular formula is C19H19F2N5O. The van der Waals surface area contributed by atoms with E-state index in [1.54, 1.807) is 18.1 Å². The minimum atomic E-state index is -0.803. The molecule has 0 fully saturated rings. The molecule has 0 aliphatic heterocycles. The summed E-state index contributed by atoms with van der Waals surface area (Å²) in [6, 6.07) is 10.7. The number of amides is 1. The molecule has 0 bridgehead atoms. The number of hydrogen-bond acceptors (Lipinski definition) is 4. The summed E-state index contributed by atoms with van der Waals surface area (Å²) in [5, 5.41) is 6.54. The lowest BCUT2D eigenvalue weighted by molar-refractivity contribution is -0.117. The van der Waals surface area contributed by atoms with E-state index < -0.39 is 11.6 Å². The van der Waals surface area contributed by atoms with Crippen molar-refractivity contribution in [2.75, 3.05) is 18.9 Å². The van der Waals surface area contributed by atoms with Crippen molar-refractivity contribution in [2.24, 2.45) is 0 Å². The van der Waals surface area contributed by atoms with Gasteiger partial charge in [-0.2, -0.15) is 5.10 Å². The second kappa shape index (κ2) is 8.05. The Morgan fingerprint density at radius 2 is 1.96 bits per heavy atom. The van der Waals surface area contributed by atoms with Crippen molar-refractivity contribution in [1.29, 1.82) is 0 Å². The maximum absolute atomic E-state index is 13.6. The molecule has 1 amide bonds. The lowest BCUT2D eigenvalue weighted by Crippen LogP contribution is -2.32. The second-order valence-corrected chi connectivity index (χ2v) is 6.20. The average Bonchev–Trinajstić information content (AvgIpc) is 3.18. The predicted molar refractivity (Wildman–Crippen MR) is 97.4 cm³/mol. The molecule has 1 N–H and O–H groups in total. The predicted octanol–water partition coefficient (Wildman–Crippen LogP) is 3.18. The fraction of sp³-hybridized carbons (Fsp3) is 0.211. The van der Waals surface area contributed by atoms with E-state index in [1.807, 2.05) is 36.1 Å². The summed E-state index contributed by atoms with van der Waals surface area (Å²) >= 11 is 0. The van der Waals surface area contributed by atoms with Crippen molar-refractivity contribution in [3.8, 4) is 5.69 Å². The highest BCUT2D eigenvalue weighted by Crippen LogP contribution is 2.20. The van der Waals surface area contributed by atoms with Gasteiger partial charge >= 0.3 is 0 Å². The molecule has 0 spiro atoms. The zero-order valence-corrected chi connectivity index (χ0v) is 14.9. The van der Waals surface area contributed by atoms with Crippen molar-refractivity contribution in [3.05, 3.63) is 72.3 Å². The van der Waals surface area contributed by atoms with E-state index in [-0.39, 0.29) is 24.2 Å². The summed E-state index contributed by atoms with van der Waals surface area (Å²) in [6.45, 7) is 2.03. The quantitative estimate of drug-likeness (QED) is 0.723. The second-order valence-electron chi connectivity index (χ2n) is 6.20. The molecule has 0 aliphatic carbocycles. The van der Waals surface area contributed by atoms with Crippen molar-refractivity contribution < 1.29 is 13.6 Å². The standard InChI is InChI=1S/C19H19F2N5O/c1-13(14-3-6-16(7-4-14)26-12-22-11-23-26)25(2)10-19(27)24-18-8-5-15(20)9-17(18)21/h3-9,11-13H,10H2,1-2H3,(H,24,27). The zero-order chi connectivity index (χ0) is 19.4. The Labute approximate surface area is 155 Å². The third-order valence-electron chi connectivity index (χ3n) is 4.32. The average molecular weight is 371 g/mol. The van der Waals surface area contributed by atoms with Gasteiger partial charge in [-0.3, -0.25) is 9.69 Å². The third-order valence-corrected chi connectivity index (χ3v) is 4.32. The summed E-state index contributed by atoms with van der Waals surface area (Å²) < 4.78 is 28.2.